The van der Waals surface area contributed by atoms with Crippen LogP contribution in [0.15, 0.2) is 36.5 Å². The second-order valence-corrected chi connectivity index (χ2v) is 26.3. The number of carbonyl (C=O) groups is 2. The van der Waals surface area contributed by atoms with E-state index in [-0.39, 0.29) is 18.5 Å². The fraction of sp³-hybridized carbons (Fsp3) is 0.897. The van der Waals surface area contributed by atoms with Crippen molar-refractivity contribution in [3.05, 3.63) is 36.5 Å². The van der Waals surface area contributed by atoms with Gasteiger partial charge < -0.3 is 20.3 Å². The van der Waals surface area contributed by atoms with E-state index in [1.807, 2.05) is 0 Å². The van der Waals surface area contributed by atoms with E-state index in [1.54, 1.807) is 0 Å². The number of esters is 1. The third-order valence-corrected chi connectivity index (χ3v) is 17.9. The molecule has 0 saturated heterocycles. The van der Waals surface area contributed by atoms with Gasteiger partial charge in [0.05, 0.1) is 25.4 Å². The molecule has 6 heteroatoms. The number of hydrogen-bond acceptors (Lipinski definition) is 5. The molecule has 0 bridgehead atoms. The number of aliphatic hydroxyl groups excluding tert-OH is 2. The average Bonchev–Trinajstić information content (AvgIpc) is 3.51. The van der Waals surface area contributed by atoms with Gasteiger partial charge in [0, 0.05) is 12.8 Å². The highest BCUT2D eigenvalue weighted by Gasteiger charge is 2.20. The van der Waals surface area contributed by atoms with Gasteiger partial charge in [-0.15, -0.1) is 0 Å². The molecule has 0 saturated carbocycles. The zero-order chi connectivity index (χ0) is 60.6. The highest BCUT2D eigenvalue weighted by atomic mass is 16.5. The van der Waals surface area contributed by atoms with Crippen LogP contribution < -0.4 is 5.32 Å². The summed E-state index contributed by atoms with van der Waals surface area (Å²) in [6.45, 7) is 4.96. The SMILES string of the molecule is CCCCC/C=C\C/C=C\CCCCCCCC(=O)OCCCCCCCCCCCCCC/C=C\CCCCCCCCCCCCCCC(=O)NC(CO)C(O)CCCCCCCCCCCCCCCCCCCCCCCCCC. The van der Waals surface area contributed by atoms with E-state index in [4.69, 9.17) is 4.74 Å². The summed E-state index contributed by atoms with van der Waals surface area (Å²) < 4.78 is 5.49. The number of amides is 1. The van der Waals surface area contributed by atoms with Crippen molar-refractivity contribution < 1.29 is 24.5 Å². The lowest BCUT2D eigenvalue weighted by Crippen LogP contribution is -2.45. The van der Waals surface area contributed by atoms with Crippen LogP contribution >= 0.6 is 0 Å². The number of ether oxygens (including phenoxy) is 1. The predicted molar refractivity (Wildman–Crippen MR) is 370 cm³/mol. The van der Waals surface area contributed by atoms with E-state index in [0.29, 0.717) is 25.9 Å². The molecule has 496 valence electrons. The van der Waals surface area contributed by atoms with Crippen molar-refractivity contribution in [3.63, 3.8) is 0 Å². The Labute approximate surface area is 525 Å². The van der Waals surface area contributed by atoms with Crippen molar-refractivity contribution in [2.24, 2.45) is 0 Å². The summed E-state index contributed by atoms with van der Waals surface area (Å²) in [5.41, 5.74) is 0. The number of rotatable bonds is 72. The van der Waals surface area contributed by atoms with Gasteiger partial charge in [0.15, 0.2) is 0 Å². The predicted octanol–water partition coefficient (Wildman–Crippen LogP) is 25.0. The summed E-state index contributed by atoms with van der Waals surface area (Å²) in [4.78, 5) is 24.6. The highest BCUT2D eigenvalue weighted by Crippen LogP contribution is 2.19. The first kappa shape index (κ1) is 82.1. The Bertz CT molecular complexity index is 1360. The molecule has 0 aromatic carbocycles. The quantitative estimate of drug-likeness (QED) is 0.0320. The standard InChI is InChI=1S/C78H149NO5/c1-3-5-7-9-11-13-15-17-19-20-21-22-23-30-33-36-39-43-46-50-54-58-62-66-70-76(81)75(74-80)79-77(82)71-67-63-59-55-51-47-44-40-37-34-31-28-26-24-25-27-29-32-35-38-41-45-49-53-57-61-65-69-73-84-78(83)72-68-64-60-56-52-48-42-18-16-14-12-10-8-6-4-2/h12,14,18,24-25,42,75-76,80-81H,3-11,13,15-17,19-23,26-41,43-74H2,1-2H3,(H,79,82)/b14-12-,25-24-,42-18-. The van der Waals surface area contributed by atoms with Crippen LogP contribution in [0.3, 0.4) is 0 Å². The van der Waals surface area contributed by atoms with Crippen LogP contribution in [0, 0.1) is 0 Å². The van der Waals surface area contributed by atoms with Crippen LogP contribution in [0.2, 0.25) is 0 Å². The molecule has 84 heavy (non-hydrogen) atoms. The normalized spacial score (nSPS) is 12.7. The third kappa shape index (κ3) is 69.2. The summed E-state index contributed by atoms with van der Waals surface area (Å²) in [5.74, 6) is -0.0275. The Hall–Kier alpha value is -1.92. The van der Waals surface area contributed by atoms with E-state index in [9.17, 15) is 19.8 Å². The van der Waals surface area contributed by atoms with Crippen LogP contribution in [-0.4, -0.2) is 47.4 Å². The van der Waals surface area contributed by atoms with E-state index in [2.05, 4.69) is 55.6 Å². The first-order chi connectivity index (χ1) is 41.5. The summed E-state index contributed by atoms with van der Waals surface area (Å²) in [5, 5.41) is 23.5. The minimum atomic E-state index is -0.666. The average molecular weight is 1180 g/mol. The molecule has 0 heterocycles. The van der Waals surface area contributed by atoms with Crippen molar-refractivity contribution in [2.75, 3.05) is 13.2 Å². The lowest BCUT2D eigenvalue weighted by atomic mass is 10.0. The zero-order valence-electron chi connectivity index (χ0n) is 56.9. The molecule has 6 nitrogen and oxygen atoms in total. The largest absolute Gasteiger partial charge is 0.466 e. The minimum absolute atomic E-state index is 0.00252. The maximum Gasteiger partial charge on any atom is 0.305 e. The summed E-state index contributed by atoms with van der Waals surface area (Å²) in [7, 11) is 0. The smallest absolute Gasteiger partial charge is 0.305 e. The van der Waals surface area contributed by atoms with Crippen LogP contribution in [0.5, 0.6) is 0 Å². The molecule has 0 aliphatic heterocycles. The molecule has 0 aromatic heterocycles. The number of aliphatic hydroxyl groups is 2. The maximum atomic E-state index is 12.6. The molecular formula is C78H149NO5. The number of carbonyl (C=O) groups excluding carboxylic acids is 2. The molecule has 3 N–H and O–H groups in total. The second-order valence-electron chi connectivity index (χ2n) is 26.3. The molecule has 0 aliphatic rings. The van der Waals surface area contributed by atoms with Gasteiger partial charge in [-0.2, -0.15) is 0 Å². The van der Waals surface area contributed by atoms with Crippen molar-refractivity contribution in [3.8, 4) is 0 Å². The third-order valence-electron chi connectivity index (χ3n) is 17.9. The molecule has 0 aromatic rings. The van der Waals surface area contributed by atoms with Crippen molar-refractivity contribution in [1.29, 1.82) is 0 Å². The minimum Gasteiger partial charge on any atom is -0.466 e. The summed E-state index contributed by atoms with van der Waals surface area (Å²) >= 11 is 0. The number of hydrogen-bond donors (Lipinski definition) is 3. The maximum absolute atomic E-state index is 12.6. The fourth-order valence-electron chi connectivity index (χ4n) is 12.1. The number of unbranched alkanes of at least 4 members (excludes halogenated alkanes) is 55. The molecular weight excluding hydrogens is 1030 g/mol. The van der Waals surface area contributed by atoms with E-state index >= 15 is 0 Å². The van der Waals surface area contributed by atoms with Gasteiger partial charge >= 0.3 is 5.97 Å². The molecule has 0 fully saturated rings. The zero-order valence-corrected chi connectivity index (χ0v) is 56.9. The Morgan fingerprint density at radius 3 is 0.940 bits per heavy atom. The lowest BCUT2D eigenvalue weighted by Gasteiger charge is -2.22. The van der Waals surface area contributed by atoms with Gasteiger partial charge in [0.25, 0.3) is 0 Å². The van der Waals surface area contributed by atoms with E-state index in [1.165, 1.54) is 340 Å². The Balaban J connectivity index is 3.38. The topological polar surface area (TPSA) is 95.9 Å². The van der Waals surface area contributed by atoms with Gasteiger partial charge in [0.2, 0.25) is 5.91 Å². The van der Waals surface area contributed by atoms with E-state index in [0.717, 1.165) is 51.4 Å². The van der Waals surface area contributed by atoms with Gasteiger partial charge in [-0.1, -0.05) is 365 Å². The first-order valence-corrected chi connectivity index (χ1v) is 38.2. The second kappa shape index (κ2) is 73.5. The van der Waals surface area contributed by atoms with Crippen molar-refractivity contribution in [2.45, 2.75) is 437 Å². The van der Waals surface area contributed by atoms with Crippen LogP contribution in [-0.2, 0) is 14.3 Å². The van der Waals surface area contributed by atoms with Gasteiger partial charge in [-0.05, 0) is 83.5 Å². The Morgan fingerprint density at radius 2 is 0.595 bits per heavy atom. The molecule has 2 atom stereocenters. The first-order valence-electron chi connectivity index (χ1n) is 38.2. The van der Waals surface area contributed by atoms with Gasteiger partial charge in [-0.3, -0.25) is 9.59 Å². The van der Waals surface area contributed by atoms with Crippen LogP contribution in [0.4, 0.5) is 0 Å². The van der Waals surface area contributed by atoms with Crippen molar-refractivity contribution >= 4 is 11.9 Å². The monoisotopic (exact) mass is 1180 g/mol. The van der Waals surface area contributed by atoms with Crippen molar-refractivity contribution in [1.82, 2.24) is 5.32 Å². The molecule has 2 unspecified atom stereocenters. The molecule has 0 spiro atoms. The van der Waals surface area contributed by atoms with Gasteiger partial charge in [0.1, 0.15) is 0 Å². The summed E-state index contributed by atoms with van der Waals surface area (Å²) in [6.07, 6.45) is 95.0. The molecule has 0 aliphatic carbocycles. The summed E-state index contributed by atoms with van der Waals surface area (Å²) in [6, 6.07) is -0.543. The number of allylic oxidation sites excluding steroid dienone is 6. The molecule has 0 rings (SSSR count). The molecule has 0 radical (unpaired) electrons. The van der Waals surface area contributed by atoms with Crippen LogP contribution in [0.25, 0.3) is 0 Å². The highest BCUT2D eigenvalue weighted by molar-refractivity contribution is 5.76. The Morgan fingerprint density at radius 1 is 0.333 bits per heavy atom. The fourth-order valence-corrected chi connectivity index (χ4v) is 12.1. The lowest BCUT2D eigenvalue weighted by molar-refractivity contribution is -0.143. The number of nitrogens with one attached hydrogen (secondary N) is 1. The molecule has 1 amide bonds. The van der Waals surface area contributed by atoms with E-state index < -0.39 is 12.1 Å². The van der Waals surface area contributed by atoms with Crippen LogP contribution in [0.1, 0.15) is 425 Å². The van der Waals surface area contributed by atoms with Gasteiger partial charge in [-0.25, -0.2) is 0 Å². The Kier molecular flexibility index (Phi) is 71.9.